The van der Waals surface area contributed by atoms with Crippen LogP contribution in [0.3, 0.4) is 0 Å². The Morgan fingerprint density at radius 2 is 1.93 bits per heavy atom. The molecule has 2 N–H and O–H groups in total. The third-order valence-corrected chi connectivity index (χ3v) is 5.71. The van der Waals surface area contributed by atoms with E-state index in [-0.39, 0.29) is 17.4 Å². The van der Waals surface area contributed by atoms with Crippen LogP contribution in [0.1, 0.15) is 48.5 Å². The fourth-order valence-corrected chi connectivity index (χ4v) is 4.18. The summed E-state index contributed by atoms with van der Waals surface area (Å²) in [6.07, 6.45) is 8.43. The van der Waals surface area contributed by atoms with E-state index in [2.05, 4.69) is 15.2 Å². The summed E-state index contributed by atoms with van der Waals surface area (Å²) in [6.45, 7) is 4.78. The molecule has 1 saturated heterocycles. The van der Waals surface area contributed by atoms with Gasteiger partial charge in [-0.15, -0.1) is 0 Å². The van der Waals surface area contributed by atoms with E-state index in [9.17, 15) is 9.59 Å². The van der Waals surface area contributed by atoms with Crippen LogP contribution in [0.2, 0.25) is 0 Å². The van der Waals surface area contributed by atoms with Gasteiger partial charge in [0.25, 0.3) is 5.91 Å². The van der Waals surface area contributed by atoms with Crippen LogP contribution in [0, 0.1) is 5.41 Å². The molecule has 0 spiro atoms. The molecule has 0 aromatic carbocycles. The van der Waals surface area contributed by atoms with E-state index in [1.54, 1.807) is 18.5 Å². The Labute approximate surface area is 176 Å². The Balaban J connectivity index is 1.60. The van der Waals surface area contributed by atoms with Crippen LogP contribution in [0.4, 0.5) is 16.3 Å². The minimum atomic E-state index is -0.313. The molecule has 158 valence electrons. The van der Waals surface area contributed by atoms with E-state index in [1.807, 2.05) is 24.0 Å². The quantitative estimate of drug-likeness (QED) is 0.816. The lowest BCUT2D eigenvalue weighted by Gasteiger charge is -2.31. The largest absolute Gasteiger partial charge is 0.339 e. The Hall–Kier alpha value is -3.16. The summed E-state index contributed by atoms with van der Waals surface area (Å²) in [5.41, 5.74) is 2.64. The number of pyridine rings is 2. The van der Waals surface area contributed by atoms with Crippen molar-refractivity contribution in [1.29, 1.82) is 5.41 Å². The molecule has 1 fully saturated rings. The van der Waals surface area contributed by atoms with Gasteiger partial charge in [0.2, 0.25) is 0 Å². The molecule has 2 amide bonds. The van der Waals surface area contributed by atoms with E-state index in [0.717, 1.165) is 62.4 Å². The van der Waals surface area contributed by atoms with Crippen LogP contribution in [0.5, 0.6) is 0 Å². The van der Waals surface area contributed by atoms with Crippen molar-refractivity contribution >= 4 is 23.4 Å². The monoisotopic (exact) mass is 408 g/mol. The Morgan fingerprint density at radius 3 is 2.67 bits per heavy atom. The molecule has 0 bridgehead atoms. The van der Waals surface area contributed by atoms with E-state index in [1.165, 1.54) is 11.0 Å². The van der Waals surface area contributed by atoms with Gasteiger partial charge in [-0.25, -0.2) is 9.78 Å². The lowest BCUT2D eigenvalue weighted by molar-refractivity contribution is 0.0724. The number of nitrogens with one attached hydrogen (secondary N) is 2. The summed E-state index contributed by atoms with van der Waals surface area (Å²) < 4.78 is 1.28. The van der Waals surface area contributed by atoms with Crippen molar-refractivity contribution in [2.45, 2.75) is 39.0 Å². The van der Waals surface area contributed by atoms with Crippen LogP contribution in [-0.4, -0.2) is 52.6 Å². The summed E-state index contributed by atoms with van der Waals surface area (Å²) in [5.74, 6) is 0.893. The molecule has 0 unspecified atom stereocenters. The zero-order valence-corrected chi connectivity index (χ0v) is 17.4. The van der Waals surface area contributed by atoms with E-state index >= 15 is 0 Å². The summed E-state index contributed by atoms with van der Waals surface area (Å²) in [7, 11) is 0. The molecule has 30 heavy (non-hydrogen) atoms. The van der Waals surface area contributed by atoms with Crippen molar-refractivity contribution in [1.82, 2.24) is 19.8 Å². The highest BCUT2D eigenvalue weighted by molar-refractivity contribution is 5.94. The van der Waals surface area contributed by atoms with Gasteiger partial charge in [-0.05, 0) is 56.7 Å². The van der Waals surface area contributed by atoms with Gasteiger partial charge < -0.3 is 15.1 Å². The van der Waals surface area contributed by atoms with Gasteiger partial charge in [0.05, 0.1) is 5.56 Å². The maximum atomic E-state index is 12.8. The molecule has 2 aliphatic heterocycles. The van der Waals surface area contributed by atoms with Crippen molar-refractivity contribution in [3.8, 4) is 0 Å². The van der Waals surface area contributed by atoms with Crippen molar-refractivity contribution in [3.05, 3.63) is 47.2 Å². The number of amides is 2. The maximum Gasteiger partial charge on any atom is 0.327 e. The maximum absolute atomic E-state index is 12.8. The standard InChI is InChI=1S/C22H28N6O2/c1-2-24-22(30)28-12-8-18(14-19(28)23)27-11-6-7-16-13-17(15-25-20(16)27)21(29)26-9-4-3-5-10-26/h8,12-15,23H,2-7,9-11H2,1H3,(H,24,30). The van der Waals surface area contributed by atoms with Crippen LogP contribution in [0.15, 0.2) is 30.6 Å². The highest BCUT2D eigenvalue weighted by atomic mass is 16.2. The molecular formula is C22H28N6O2. The topological polar surface area (TPSA) is 94.3 Å². The molecule has 8 nitrogen and oxygen atoms in total. The smallest absolute Gasteiger partial charge is 0.327 e. The number of anilines is 2. The lowest BCUT2D eigenvalue weighted by atomic mass is 10.0. The van der Waals surface area contributed by atoms with Crippen molar-refractivity contribution in [3.63, 3.8) is 0 Å². The van der Waals surface area contributed by atoms with Crippen molar-refractivity contribution in [2.75, 3.05) is 31.1 Å². The van der Waals surface area contributed by atoms with Gasteiger partial charge in [-0.2, -0.15) is 0 Å². The van der Waals surface area contributed by atoms with Gasteiger partial charge in [-0.3, -0.25) is 14.8 Å². The van der Waals surface area contributed by atoms with E-state index < -0.39 is 0 Å². The number of piperidine rings is 1. The van der Waals surface area contributed by atoms with Gasteiger partial charge in [0.15, 0.2) is 0 Å². The summed E-state index contributed by atoms with van der Waals surface area (Å²) in [4.78, 5) is 33.5. The third-order valence-electron chi connectivity index (χ3n) is 5.71. The third kappa shape index (κ3) is 3.94. The first-order valence-electron chi connectivity index (χ1n) is 10.7. The van der Waals surface area contributed by atoms with Crippen molar-refractivity contribution in [2.24, 2.45) is 0 Å². The molecule has 8 heteroatoms. The number of hydrogen-bond acceptors (Lipinski definition) is 5. The van der Waals surface area contributed by atoms with Gasteiger partial charge in [0, 0.05) is 50.3 Å². The molecule has 4 heterocycles. The highest BCUT2D eigenvalue weighted by Gasteiger charge is 2.24. The normalized spacial score (nSPS) is 16.2. The fourth-order valence-electron chi connectivity index (χ4n) is 4.18. The number of aromatic nitrogens is 2. The summed E-state index contributed by atoms with van der Waals surface area (Å²) in [5, 5.41) is 10.9. The Morgan fingerprint density at radius 1 is 1.13 bits per heavy atom. The lowest BCUT2D eigenvalue weighted by Crippen LogP contribution is -2.36. The van der Waals surface area contributed by atoms with E-state index in [4.69, 9.17) is 5.41 Å². The predicted octanol–water partition coefficient (Wildman–Crippen LogP) is 2.65. The SMILES string of the molecule is CCNC(=O)n1ccc(N2CCCc3cc(C(=O)N4CCCCC4)cnc32)cc1=N. The molecule has 2 aromatic rings. The second-order valence-corrected chi connectivity index (χ2v) is 7.79. The van der Waals surface area contributed by atoms with E-state index in [0.29, 0.717) is 12.1 Å². The predicted molar refractivity (Wildman–Crippen MR) is 114 cm³/mol. The molecule has 0 saturated carbocycles. The zero-order chi connectivity index (χ0) is 21.1. The first kappa shape index (κ1) is 20.1. The minimum absolute atomic E-state index is 0.0678. The van der Waals surface area contributed by atoms with Crippen LogP contribution in [-0.2, 0) is 6.42 Å². The molecule has 0 atom stereocenters. The summed E-state index contributed by atoms with van der Waals surface area (Å²) in [6, 6.07) is 5.17. The molecule has 0 aliphatic carbocycles. The average molecular weight is 409 g/mol. The second-order valence-electron chi connectivity index (χ2n) is 7.79. The number of hydrogen-bond donors (Lipinski definition) is 2. The fraction of sp³-hybridized carbons (Fsp3) is 0.455. The zero-order valence-electron chi connectivity index (χ0n) is 17.4. The number of nitrogens with zero attached hydrogens (tertiary/aromatic N) is 4. The Bertz CT molecular complexity index is 1010. The number of carbonyl (C=O) groups is 2. The first-order valence-corrected chi connectivity index (χ1v) is 10.7. The summed E-state index contributed by atoms with van der Waals surface area (Å²) >= 11 is 0. The molecule has 4 rings (SSSR count). The number of carbonyl (C=O) groups excluding carboxylic acids is 2. The Kier molecular flexibility index (Phi) is 5.83. The number of fused-ring (bicyclic) bond motifs is 1. The van der Waals surface area contributed by atoms with Gasteiger partial charge >= 0.3 is 6.03 Å². The second kappa shape index (κ2) is 8.69. The van der Waals surface area contributed by atoms with Crippen molar-refractivity contribution < 1.29 is 9.59 Å². The van der Waals surface area contributed by atoms with Gasteiger partial charge in [0.1, 0.15) is 11.3 Å². The molecule has 2 aliphatic rings. The molecule has 2 aromatic heterocycles. The number of aryl methyl sites for hydroxylation is 1. The number of likely N-dealkylation sites (tertiary alicyclic amines) is 1. The minimum Gasteiger partial charge on any atom is -0.339 e. The van der Waals surface area contributed by atoms with Crippen LogP contribution >= 0.6 is 0 Å². The van der Waals surface area contributed by atoms with Gasteiger partial charge in [-0.1, -0.05) is 0 Å². The molecular weight excluding hydrogens is 380 g/mol. The van der Waals surface area contributed by atoms with Crippen LogP contribution in [0.25, 0.3) is 0 Å². The average Bonchev–Trinajstić information content (AvgIpc) is 2.78. The first-order chi connectivity index (χ1) is 14.6. The van der Waals surface area contributed by atoms with Crippen LogP contribution < -0.4 is 15.7 Å². The number of rotatable bonds is 3. The molecule has 0 radical (unpaired) electrons. The highest BCUT2D eigenvalue weighted by Crippen LogP contribution is 2.31.